The first-order valence-electron chi connectivity index (χ1n) is 9.10. The second kappa shape index (κ2) is 8.71. The lowest BCUT2D eigenvalue weighted by Crippen LogP contribution is -2.41. The Balaban J connectivity index is 1.59. The van der Waals surface area contributed by atoms with Crippen molar-refractivity contribution in [2.75, 3.05) is 31.2 Å². The smallest absolute Gasteiger partial charge is 0.308 e. The predicted molar refractivity (Wildman–Crippen MR) is 99.6 cm³/mol. The van der Waals surface area contributed by atoms with Gasteiger partial charge in [0.2, 0.25) is 11.8 Å². The molecule has 2 aliphatic rings. The van der Waals surface area contributed by atoms with Gasteiger partial charge in [-0.1, -0.05) is 23.7 Å². The third-order valence-electron chi connectivity index (χ3n) is 5.29. The normalized spacial score (nSPS) is 21.9. The molecule has 2 fully saturated rings. The third kappa shape index (κ3) is 4.59. The van der Waals surface area contributed by atoms with Gasteiger partial charge in [0.15, 0.2) is 0 Å². The van der Waals surface area contributed by atoms with Gasteiger partial charge in [0, 0.05) is 32.7 Å². The van der Waals surface area contributed by atoms with Gasteiger partial charge >= 0.3 is 5.97 Å². The molecule has 3 rings (SSSR count). The van der Waals surface area contributed by atoms with Gasteiger partial charge in [0.25, 0.3) is 0 Å². The highest BCUT2D eigenvalue weighted by molar-refractivity contribution is 6.33. The van der Waals surface area contributed by atoms with Crippen LogP contribution in [0.25, 0.3) is 0 Å². The number of ether oxygens (including phenoxy) is 1. The number of halogens is 1. The summed E-state index contributed by atoms with van der Waals surface area (Å²) >= 11 is 6.15. The van der Waals surface area contributed by atoms with Crippen molar-refractivity contribution < 1.29 is 24.2 Å². The van der Waals surface area contributed by atoms with Crippen LogP contribution in [-0.4, -0.2) is 49.2 Å². The van der Waals surface area contributed by atoms with Crippen molar-refractivity contribution in [3.63, 3.8) is 0 Å². The van der Waals surface area contributed by atoms with E-state index in [2.05, 4.69) is 5.32 Å². The molecule has 146 valence electrons. The van der Waals surface area contributed by atoms with Gasteiger partial charge in [-0.3, -0.25) is 14.4 Å². The molecule has 0 radical (unpaired) electrons. The quantitative estimate of drug-likeness (QED) is 0.768. The van der Waals surface area contributed by atoms with Crippen molar-refractivity contribution in [3.8, 4) is 0 Å². The average molecular weight is 395 g/mol. The Kier molecular flexibility index (Phi) is 6.34. The summed E-state index contributed by atoms with van der Waals surface area (Å²) in [5.74, 6) is -2.55. The van der Waals surface area contributed by atoms with Crippen molar-refractivity contribution in [2.45, 2.75) is 19.3 Å². The number of nitrogens with zero attached hydrogens (tertiary/aromatic N) is 1. The zero-order valence-electron chi connectivity index (χ0n) is 14.9. The molecule has 1 aromatic rings. The fourth-order valence-electron chi connectivity index (χ4n) is 3.72. The number of carboxylic acid groups (broad SMARTS) is 1. The molecule has 7 nitrogen and oxygen atoms in total. The topological polar surface area (TPSA) is 95.9 Å². The number of carboxylic acids is 1. The van der Waals surface area contributed by atoms with E-state index in [0.717, 1.165) is 0 Å². The Morgan fingerprint density at radius 1 is 1.30 bits per heavy atom. The molecular formula is C19H23ClN2O5. The van der Waals surface area contributed by atoms with Gasteiger partial charge in [-0.05, 0) is 30.9 Å². The number of aliphatic carboxylic acids is 1. The highest BCUT2D eigenvalue weighted by atomic mass is 35.5. The molecule has 2 atom stereocenters. The van der Waals surface area contributed by atoms with Crippen LogP contribution in [0.5, 0.6) is 0 Å². The van der Waals surface area contributed by atoms with E-state index in [-0.39, 0.29) is 37.2 Å². The van der Waals surface area contributed by atoms with Crippen LogP contribution >= 0.6 is 11.6 Å². The molecule has 8 heteroatoms. The van der Waals surface area contributed by atoms with Crippen LogP contribution in [0.1, 0.15) is 19.3 Å². The van der Waals surface area contributed by atoms with E-state index in [1.54, 1.807) is 24.3 Å². The maximum Gasteiger partial charge on any atom is 0.308 e. The molecule has 0 aromatic heterocycles. The number of benzene rings is 1. The number of hydrogen-bond acceptors (Lipinski definition) is 4. The Hall–Kier alpha value is -2.12. The second-order valence-electron chi connectivity index (χ2n) is 7.00. The first-order valence-corrected chi connectivity index (χ1v) is 9.48. The lowest BCUT2D eigenvalue weighted by atomic mass is 9.86. The average Bonchev–Trinajstić information content (AvgIpc) is 3.04. The molecule has 2 unspecified atom stereocenters. The minimum absolute atomic E-state index is 0.0126. The van der Waals surface area contributed by atoms with E-state index in [1.165, 1.54) is 4.90 Å². The fourth-order valence-corrected chi connectivity index (χ4v) is 3.95. The largest absolute Gasteiger partial charge is 0.481 e. The molecule has 27 heavy (non-hydrogen) atoms. The van der Waals surface area contributed by atoms with E-state index < -0.39 is 17.8 Å². The maximum absolute atomic E-state index is 12.5. The summed E-state index contributed by atoms with van der Waals surface area (Å²) in [5, 5.41) is 12.7. The summed E-state index contributed by atoms with van der Waals surface area (Å²) in [5.41, 5.74) is 0.588. The van der Waals surface area contributed by atoms with Crippen LogP contribution in [0.15, 0.2) is 24.3 Å². The number of rotatable bonds is 6. The summed E-state index contributed by atoms with van der Waals surface area (Å²) < 4.78 is 5.28. The number of anilines is 1. The van der Waals surface area contributed by atoms with Crippen LogP contribution in [0.4, 0.5) is 5.69 Å². The van der Waals surface area contributed by atoms with E-state index in [1.807, 2.05) is 0 Å². The molecule has 0 spiro atoms. The summed E-state index contributed by atoms with van der Waals surface area (Å²) in [6.07, 6.45) is 1.44. The van der Waals surface area contributed by atoms with Gasteiger partial charge in [-0.2, -0.15) is 0 Å². The molecule has 2 amide bonds. The fraction of sp³-hybridized carbons (Fsp3) is 0.526. The van der Waals surface area contributed by atoms with E-state index in [9.17, 15) is 19.5 Å². The Bertz CT molecular complexity index is 720. The molecule has 2 heterocycles. The van der Waals surface area contributed by atoms with Crippen molar-refractivity contribution in [1.82, 2.24) is 5.32 Å². The van der Waals surface area contributed by atoms with Crippen LogP contribution in [0, 0.1) is 17.8 Å². The van der Waals surface area contributed by atoms with Gasteiger partial charge in [-0.15, -0.1) is 0 Å². The number of nitrogens with one attached hydrogen (secondary N) is 1. The van der Waals surface area contributed by atoms with Crippen molar-refractivity contribution >= 4 is 35.1 Å². The first-order chi connectivity index (χ1) is 13.0. The van der Waals surface area contributed by atoms with Gasteiger partial charge in [0.05, 0.1) is 22.5 Å². The molecule has 0 saturated carbocycles. The third-order valence-corrected chi connectivity index (χ3v) is 5.61. The molecule has 1 aromatic carbocycles. The number of para-hydroxylation sites is 1. The summed E-state index contributed by atoms with van der Waals surface area (Å²) in [7, 11) is 0. The van der Waals surface area contributed by atoms with Crippen LogP contribution in [-0.2, 0) is 19.1 Å². The highest BCUT2D eigenvalue weighted by Gasteiger charge is 2.37. The van der Waals surface area contributed by atoms with E-state index in [0.29, 0.717) is 36.8 Å². The Morgan fingerprint density at radius 2 is 2.00 bits per heavy atom. The number of carbonyl (C=O) groups excluding carboxylic acids is 2. The summed E-state index contributed by atoms with van der Waals surface area (Å²) in [6, 6.07) is 7.00. The molecule has 0 aliphatic carbocycles. The summed E-state index contributed by atoms with van der Waals surface area (Å²) in [4.78, 5) is 37.9. The monoisotopic (exact) mass is 394 g/mol. The zero-order valence-corrected chi connectivity index (χ0v) is 15.7. The minimum Gasteiger partial charge on any atom is -0.481 e. The number of amides is 2. The lowest BCUT2D eigenvalue weighted by Gasteiger charge is -2.28. The first kappa shape index (κ1) is 19.6. The highest BCUT2D eigenvalue weighted by Crippen LogP contribution is 2.31. The Labute approximate surface area is 162 Å². The van der Waals surface area contributed by atoms with Crippen LogP contribution in [0.3, 0.4) is 0 Å². The van der Waals surface area contributed by atoms with Crippen molar-refractivity contribution in [2.24, 2.45) is 17.8 Å². The van der Waals surface area contributed by atoms with Crippen LogP contribution in [0.2, 0.25) is 5.02 Å². The standard InChI is InChI=1S/C19H23ClN2O5/c20-15-3-1-2-4-16(15)22-11-13(9-17(22)23)18(24)21-10-14(19(25)26)12-5-7-27-8-6-12/h1-4,12-14H,5-11H2,(H,21,24)(H,25,26). The number of carbonyl (C=O) groups is 3. The van der Waals surface area contributed by atoms with Crippen molar-refractivity contribution in [3.05, 3.63) is 29.3 Å². The predicted octanol–water partition coefficient (Wildman–Crippen LogP) is 1.94. The molecule has 0 bridgehead atoms. The molecule has 2 saturated heterocycles. The Morgan fingerprint density at radius 3 is 2.67 bits per heavy atom. The van der Waals surface area contributed by atoms with Gasteiger partial charge in [0.1, 0.15) is 0 Å². The molecule has 2 N–H and O–H groups in total. The molecular weight excluding hydrogens is 372 g/mol. The van der Waals surface area contributed by atoms with Crippen molar-refractivity contribution in [1.29, 1.82) is 0 Å². The lowest BCUT2D eigenvalue weighted by molar-refractivity contribution is -0.145. The zero-order chi connectivity index (χ0) is 19.4. The van der Waals surface area contributed by atoms with Crippen LogP contribution < -0.4 is 10.2 Å². The second-order valence-corrected chi connectivity index (χ2v) is 7.40. The van der Waals surface area contributed by atoms with E-state index in [4.69, 9.17) is 16.3 Å². The number of hydrogen-bond donors (Lipinski definition) is 2. The van der Waals surface area contributed by atoms with E-state index >= 15 is 0 Å². The SMILES string of the molecule is O=C(NCC(C(=O)O)C1CCOCC1)C1CC(=O)N(c2ccccc2Cl)C1. The minimum atomic E-state index is -0.914. The van der Waals surface area contributed by atoms with Gasteiger partial charge < -0.3 is 20.1 Å². The van der Waals surface area contributed by atoms with Gasteiger partial charge in [-0.25, -0.2) is 0 Å². The molecule has 2 aliphatic heterocycles. The maximum atomic E-state index is 12.5. The summed E-state index contributed by atoms with van der Waals surface area (Å²) in [6.45, 7) is 1.40.